The van der Waals surface area contributed by atoms with Gasteiger partial charge in [-0.1, -0.05) is 18.2 Å². The molecule has 1 atom stereocenters. The van der Waals surface area contributed by atoms with Gasteiger partial charge in [0, 0.05) is 12.5 Å². The van der Waals surface area contributed by atoms with Crippen molar-refractivity contribution in [2.24, 2.45) is 0 Å². The standard InChI is InChI=1S/C15H12FNO3/c16-11-4-2-1-3-9(11)7-14-15(19)17-12-6-5-10(18)8-13(12)20-14/h1-6,8,14,18H,7H2,(H,17,19). The van der Waals surface area contributed by atoms with Crippen LogP contribution in [0.2, 0.25) is 0 Å². The minimum Gasteiger partial charge on any atom is -0.508 e. The highest BCUT2D eigenvalue weighted by molar-refractivity contribution is 5.98. The monoisotopic (exact) mass is 273 g/mol. The molecule has 0 radical (unpaired) electrons. The third kappa shape index (κ3) is 2.30. The van der Waals surface area contributed by atoms with Crippen LogP contribution in [0.25, 0.3) is 0 Å². The lowest BCUT2D eigenvalue weighted by atomic mass is 10.1. The smallest absolute Gasteiger partial charge is 0.265 e. The quantitative estimate of drug-likeness (QED) is 0.826. The largest absolute Gasteiger partial charge is 0.508 e. The van der Waals surface area contributed by atoms with Crippen LogP contribution in [0.15, 0.2) is 42.5 Å². The van der Waals surface area contributed by atoms with Crippen molar-refractivity contribution in [1.29, 1.82) is 0 Å². The summed E-state index contributed by atoms with van der Waals surface area (Å²) in [6, 6.07) is 10.7. The number of amides is 1. The predicted octanol–water partition coefficient (Wildman–Crippen LogP) is 2.47. The van der Waals surface area contributed by atoms with E-state index in [1.54, 1.807) is 24.3 Å². The van der Waals surface area contributed by atoms with E-state index in [9.17, 15) is 14.3 Å². The van der Waals surface area contributed by atoms with Gasteiger partial charge in [0.25, 0.3) is 5.91 Å². The van der Waals surface area contributed by atoms with E-state index >= 15 is 0 Å². The van der Waals surface area contributed by atoms with E-state index in [1.165, 1.54) is 18.2 Å². The van der Waals surface area contributed by atoms with Gasteiger partial charge in [0.1, 0.15) is 17.3 Å². The van der Waals surface area contributed by atoms with Crippen LogP contribution in [0.5, 0.6) is 11.5 Å². The first kappa shape index (κ1) is 12.5. The van der Waals surface area contributed by atoms with Gasteiger partial charge >= 0.3 is 0 Å². The maximum Gasteiger partial charge on any atom is 0.265 e. The molecule has 1 aliphatic heterocycles. The van der Waals surface area contributed by atoms with Crippen molar-refractivity contribution in [3.05, 3.63) is 53.8 Å². The number of benzene rings is 2. The van der Waals surface area contributed by atoms with Crippen molar-refractivity contribution in [1.82, 2.24) is 0 Å². The second kappa shape index (κ2) is 4.85. The van der Waals surface area contributed by atoms with Crippen molar-refractivity contribution in [3.63, 3.8) is 0 Å². The number of phenols is 1. The molecule has 0 bridgehead atoms. The fourth-order valence-electron chi connectivity index (χ4n) is 2.13. The summed E-state index contributed by atoms with van der Waals surface area (Å²) < 4.78 is 19.1. The average Bonchev–Trinajstić information content (AvgIpc) is 2.42. The molecule has 3 rings (SSSR count). The number of fused-ring (bicyclic) bond motifs is 1. The number of carbonyl (C=O) groups excluding carboxylic acids is 1. The Morgan fingerprint density at radius 2 is 2.05 bits per heavy atom. The van der Waals surface area contributed by atoms with Gasteiger partial charge in [-0.05, 0) is 23.8 Å². The molecule has 0 aromatic heterocycles. The van der Waals surface area contributed by atoms with Gasteiger partial charge in [-0.15, -0.1) is 0 Å². The molecular formula is C15H12FNO3. The average molecular weight is 273 g/mol. The third-order valence-corrected chi connectivity index (χ3v) is 3.15. The Morgan fingerprint density at radius 1 is 1.25 bits per heavy atom. The fourth-order valence-corrected chi connectivity index (χ4v) is 2.13. The van der Waals surface area contributed by atoms with Crippen LogP contribution >= 0.6 is 0 Å². The van der Waals surface area contributed by atoms with E-state index in [0.717, 1.165) is 0 Å². The Morgan fingerprint density at radius 3 is 2.85 bits per heavy atom. The lowest BCUT2D eigenvalue weighted by molar-refractivity contribution is -0.123. The summed E-state index contributed by atoms with van der Waals surface area (Å²) in [5.41, 5.74) is 0.911. The number of anilines is 1. The van der Waals surface area contributed by atoms with Crippen molar-refractivity contribution in [2.75, 3.05) is 5.32 Å². The zero-order chi connectivity index (χ0) is 14.1. The molecular weight excluding hydrogens is 261 g/mol. The molecule has 1 aliphatic rings. The van der Waals surface area contributed by atoms with Gasteiger partial charge in [-0.25, -0.2) is 4.39 Å². The molecule has 102 valence electrons. The Kier molecular flexibility index (Phi) is 3.02. The van der Waals surface area contributed by atoms with Gasteiger partial charge in [-0.3, -0.25) is 4.79 Å². The van der Waals surface area contributed by atoms with Crippen molar-refractivity contribution in [2.45, 2.75) is 12.5 Å². The normalized spacial score (nSPS) is 17.1. The van der Waals surface area contributed by atoms with Crippen LogP contribution in [0.4, 0.5) is 10.1 Å². The molecule has 1 amide bonds. The third-order valence-electron chi connectivity index (χ3n) is 3.15. The van der Waals surface area contributed by atoms with Crippen LogP contribution in [0.3, 0.4) is 0 Å². The zero-order valence-corrected chi connectivity index (χ0v) is 10.5. The second-order valence-electron chi connectivity index (χ2n) is 4.57. The summed E-state index contributed by atoms with van der Waals surface area (Å²) >= 11 is 0. The van der Waals surface area contributed by atoms with E-state index in [4.69, 9.17) is 4.74 Å². The number of hydrogen-bond acceptors (Lipinski definition) is 3. The Labute approximate surface area is 114 Å². The first-order chi connectivity index (χ1) is 9.63. The molecule has 0 aliphatic carbocycles. The molecule has 2 N–H and O–H groups in total. The molecule has 2 aromatic rings. The highest BCUT2D eigenvalue weighted by Crippen LogP contribution is 2.33. The minimum atomic E-state index is -0.818. The van der Waals surface area contributed by atoms with Crippen LogP contribution in [-0.4, -0.2) is 17.1 Å². The maximum absolute atomic E-state index is 13.6. The summed E-state index contributed by atoms with van der Waals surface area (Å²) in [5.74, 6) is -0.271. The van der Waals surface area contributed by atoms with Gasteiger partial charge in [-0.2, -0.15) is 0 Å². The van der Waals surface area contributed by atoms with Crippen molar-refractivity contribution in [3.8, 4) is 11.5 Å². The lowest BCUT2D eigenvalue weighted by Crippen LogP contribution is -2.38. The Balaban J connectivity index is 1.85. The number of ether oxygens (including phenoxy) is 1. The summed E-state index contributed by atoms with van der Waals surface area (Å²) in [4.78, 5) is 11.9. The number of aromatic hydroxyl groups is 1. The van der Waals surface area contributed by atoms with Crippen LogP contribution < -0.4 is 10.1 Å². The number of phenolic OH excluding ortho intramolecular Hbond substituents is 1. The van der Waals surface area contributed by atoms with E-state index < -0.39 is 6.10 Å². The van der Waals surface area contributed by atoms with Crippen LogP contribution in [0, 0.1) is 5.82 Å². The molecule has 2 aromatic carbocycles. The van der Waals surface area contributed by atoms with E-state index in [1.807, 2.05) is 0 Å². The first-order valence-electron chi connectivity index (χ1n) is 6.17. The first-order valence-corrected chi connectivity index (χ1v) is 6.17. The molecule has 0 spiro atoms. The van der Waals surface area contributed by atoms with Gasteiger partial charge in [0.05, 0.1) is 5.69 Å². The number of carbonyl (C=O) groups is 1. The van der Waals surface area contributed by atoms with Crippen LogP contribution in [0.1, 0.15) is 5.56 Å². The summed E-state index contributed by atoms with van der Waals surface area (Å²) in [6.45, 7) is 0. The van der Waals surface area contributed by atoms with E-state index in [-0.39, 0.29) is 23.9 Å². The zero-order valence-electron chi connectivity index (χ0n) is 10.5. The SMILES string of the molecule is O=C1Nc2ccc(O)cc2OC1Cc1ccccc1F. The Bertz CT molecular complexity index is 672. The molecule has 5 heteroatoms. The molecule has 1 unspecified atom stereocenters. The predicted molar refractivity (Wildman–Crippen MR) is 71.3 cm³/mol. The number of hydrogen-bond donors (Lipinski definition) is 2. The topological polar surface area (TPSA) is 58.6 Å². The van der Waals surface area contributed by atoms with Gasteiger partial charge in [0.2, 0.25) is 0 Å². The fraction of sp³-hybridized carbons (Fsp3) is 0.133. The summed E-state index contributed by atoms with van der Waals surface area (Å²) in [5, 5.41) is 12.1. The van der Waals surface area contributed by atoms with Crippen molar-refractivity contribution < 1.29 is 19.0 Å². The highest BCUT2D eigenvalue weighted by Gasteiger charge is 2.28. The number of halogens is 1. The van der Waals surface area contributed by atoms with E-state index in [0.29, 0.717) is 17.0 Å². The number of nitrogens with one attached hydrogen (secondary N) is 1. The summed E-state index contributed by atoms with van der Waals surface area (Å²) in [7, 11) is 0. The molecule has 0 fully saturated rings. The Hall–Kier alpha value is -2.56. The summed E-state index contributed by atoms with van der Waals surface area (Å²) in [6.07, 6.45) is -0.686. The molecule has 20 heavy (non-hydrogen) atoms. The number of rotatable bonds is 2. The molecule has 1 heterocycles. The maximum atomic E-state index is 13.6. The van der Waals surface area contributed by atoms with Gasteiger partial charge < -0.3 is 15.2 Å². The second-order valence-corrected chi connectivity index (χ2v) is 4.57. The molecule has 0 saturated heterocycles. The van der Waals surface area contributed by atoms with E-state index in [2.05, 4.69) is 5.32 Å². The highest BCUT2D eigenvalue weighted by atomic mass is 19.1. The van der Waals surface area contributed by atoms with Crippen LogP contribution in [-0.2, 0) is 11.2 Å². The lowest BCUT2D eigenvalue weighted by Gasteiger charge is -2.26. The molecule has 4 nitrogen and oxygen atoms in total. The molecule has 0 saturated carbocycles. The van der Waals surface area contributed by atoms with Gasteiger partial charge in [0.15, 0.2) is 6.10 Å². The minimum absolute atomic E-state index is 0.0459. The van der Waals surface area contributed by atoms with Crippen molar-refractivity contribution >= 4 is 11.6 Å².